The Kier molecular flexibility index (Phi) is 6.42. The molecule has 0 saturated carbocycles. The molecule has 1 rings (SSSR count). The Morgan fingerprint density at radius 3 is 2.69 bits per heavy atom. The average Bonchev–Trinajstić information content (AvgIpc) is 2.35. The van der Waals surface area contributed by atoms with Gasteiger partial charge in [0.05, 0.1) is 7.11 Å². The first-order valence-corrected chi connectivity index (χ1v) is 6.28. The van der Waals surface area contributed by atoms with E-state index in [4.69, 9.17) is 0 Å². The van der Waals surface area contributed by atoms with Gasteiger partial charge in [0.15, 0.2) is 0 Å². The van der Waals surface area contributed by atoms with Crippen LogP contribution >= 0.6 is 0 Å². The van der Waals surface area contributed by atoms with Crippen molar-refractivity contribution in [2.45, 2.75) is 38.6 Å². The van der Waals surface area contributed by atoms with E-state index < -0.39 is 0 Å². The van der Waals surface area contributed by atoms with Crippen LogP contribution in [0.25, 0.3) is 0 Å². The topological polar surface area (TPSA) is 41.6 Å². The lowest BCUT2D eigenvalue weighted by Crippen LogP contribution is -2.42. The largest absolute Gasteiger partial charge is 0.469 e. The van der Waals surface area contributed by atoms with Gasteiger partial charge in [-0.25, -0.2) is 0 Å². The molecule has 4 heteroatoms. The monoisotopic (exact) mass is 228 g/mol. The summed E-state index contributed by atoms with van der Waals surface area (Å²) in [7, 11) is 1.44. The SMILES string of the molecule is CCN1CCC(NCCCC(=O)OC)CC1. The predicted molar refractivity (Wildman–Crippen MR) is 64.4 cm³/mol. The number of methoxy groups -OCH3 is 1. The highest BCUT2D eigenvalue weighted by Crippen LogP contribution is 2.09. The molecule has 1 aliphatic rings. The third kappa shape index (κ3) is 4.94. The van der Waals surface area contributed by atoms with Crippen molar-refractivity contribution in [3.8, 4) is 0 Å². The first kappa shape index (κ1) is 13.5. The van der Waals surface area contributed by atoms with Gasteiger partial charge in [0.25, 0.3) is 0 Å². The molecule has 0 radical (unpaired) electrons. The van der Waals surface area contributed by atoms with Crippen molar-refractivity contribution in [1.29, 1.82) is 0 Å². The zero-order valence-corrected chi connectivity index (χ0v) is 10.5. The third-order valence-electron chi connectivity index (χ3n) is 3.25. The van der Waals surface area contributed by atoms with Crippen LogP contribution in [0.3, 0.4) is 0 Å². The van der Waals surface area contributed by atoms with Gasteiger partial charge in [0.1, 0.15) is 0 Å². The van der Waals surface area contributed by atoms with Crippen molar-refractivity contribution in [2.75, 3.05) is 33.3 Å². The lowest BCUT2D eigenvalue weighted by atomic mass is 10.1. The number of esters is 1. The van der Waals surface area contributed by atoms with Crippen molar-refractivity contribution < 1.29 is 9.53 Å². The first-order chi connectivity index (χ1) is 7.76. The molecule has 16 heavy (non-hydrogen) atoms. The molecule has 94 valence electrons. The molecular formula is C12H24N2O2. The molecule has 0 spiro atoms. The van der Waals surface area contributed by atoms with Crippen LogP contribution in [0.15, 0.2) is 0 Å². The van der Waals surface area contributed by atoms with E-state index in [1.807, 2.05) is 0 Å². The van der Waals surface area contributed by atoms with Gasteiger partial charge in [0, 0.05) is 12.5 Å². The number of nitrogens with one attached hydrogen (secondary N) is 1. The molecule has 0 aromatic carbocycles. The smallest absolute Gasteiger partial charge is 0.305 e. The van der Waals surface area contributed by atoms with E-state index in [1.165, 1.54) is 33.0 Å². The molecule has 1 saturated heterocycles. The average molecular weight is 228 g/mol. The maximum absolute atomic E-state index is 10.9. The fraction of sp³-hybridized carbons (Fsp3) is 0.917. The Hall–Kier alpha value is -0.610. The first-order valence-electron chi connectivity index (χ1n) is 6.28. The van der Waals surface area contributed by atoms with Gasteiger partial charge in [-0.05, 0) is 45.4 Å². The number of nitrogens with zero attached hydrogens (tertiary/aromatic N) is 1. The Labute approximate surface area is 98.3 Å². The second kappa shape index (κ2) is 7.63. The van der Waals surface area contributed by atoms with Crippen LogP contribution in [0.1, 0.15) is 32.6 Å². The number of piperidine rings is 1. The van der Waals surface area contributed by atoms with Crippen LogP contribution in [-0.4, -0.2) is 50.2 Å². The minimum Gasteiger partial charge on any atom is -0.469 e. The minimum absolute atomic E-state index is 0.109. The summed E-state index contributed by atoms with van der Waals surface area (Å²) < 4.78 is 4.60. The second-order valence-corrected chi connectivity index (χ2v) is 4.34. The van der Waals surface area contributed by atoms with Gasteiger partial charge in [-0.15, -0.1) is 0 Å². The molecule has 0 unspecified atom stereocenters. The lowest BCUT2D eigenvalue weighted by Gasteiger charge is -2.31. The van der Waals surface area contributed by atoms with E-state index in [1.54, 1.807) is 0 Å². The van der Waals surface area contributed by atoms with E-state index in [0.29, 0.717) is 12.5 Å². The molecule has 1 heterocycles. The van der Waals surface area contributed by atoms with Gasteiger partial charge < -0.3 is 15.0 Å². The van der Waals surface area contributed by atoms with Gasteiger partial charge in [-0.3, -0.25) is 4.79 Å². The molecule has 1 N–H and O–H groups in total. The number of ether oxygens (including phenoxy) is 1. The summed E-state index contributed by atoms with van der Waals surface area (Å²) >= 11 is 0. The Bertz CT molecular complexity index is 201. The van der Waals surface area contributed by atoms with Crippen molar-refractivity contribution in [3.63, 3.8) is 0 Å². The van der Waals surface area contributed by atoms with E-state index in [0.717, 1.165) is 19.5 Å². The summed E-state index contributed by atoms with van der Waals surface area (Å²) in [5.41, 5.74) is 0. The second-order valence-electron chi connectivity index (χ2n) is 4.34. The van der Waals surface area contributed by atoms with E-state index in [9.17, 15) is 4.79 Å². The van der Waals surface area contributed by atoms with Crippen LogP contribution < -0.4 is 5.32 Å². The molecule has 0 amide bonds. The summed E-state index contributed by atoms with van der Waals surface area (Å²) in [6.45, 7) is 6.70. The number of hydrogen-bond donors (Lipinski definition) is 1. The van der Waals surface area contributed by atoms with E-state index in [-0.39, 0.29) is 5.97 Å². The quantitative estimate of drug-likeness (QED) is 0.544. The van der Waals surface area contributed by atoms with Crippen LogP contribution in [0, 0.1) is 0 Å². The highest BCUT2D eigenvalue weighted by molar-refractivity contribution is 5.69. The Morgan fingerprint density at radius 1 is 1.44 bits per heavy atom. The number of carbonyl (C=O) groups is 1. The summed E-state index contributed by atoms with van der Waals surface area (Å²) in [6, 6.07) is 0.639. The summed E-state index contributed by atoms with van der Waals surface area (Å²) in [6.07, 6.45) is 3.86. The summed E-state index contributed by atoms with van der Waals surface area (Å²) in [4.78, 5) is 13.4. The standard InChI is InChI=1S/C12H24N2O2/c1-3-14-9-6-11(7-10-14)13-8-4-5-12(15)16-2/h11,13H,3-10H2,1-2H3. The highest BCUT2D eigenvalue weighted by atomic mass is 16.5. The number of hydrogen-bond acceptors (Lipinski definition) is 4. The van der Waals surface area contributed by atoms with Crippen molar-refractivity contribution >= 4 is 5.97 Å². The fourth-order valence-electron chi connectivity index (χ4n) is 2.09. The lowest BCUT2D eigenvalue weighted by molar-refractivity contribution is -0.140. The van der Waals surface area contributed by atoms with Crippen LogP contribution in [0.5, 0.6) is 0 Å². The molecule has 4 nitrogen and oxygen atoms in total. The molecule has 0 atom stereocenters. The van der Waals surface area contributed by atoms with Gasteiger partial charge in [-0.1, -0.05) is 6.92 Å². The maximum atomic E-state index is 10.9. The zero-order valence-electron chi connectivity index (χ0n) is 10.5. The minimum atomic E-state index is -0.109. The van der Waals surface area contributed by atoms with Crippen molar-refractivity contribution in [2.24, 2.45) is 0 Å². The van der Waals surface area contributed by atoms with Gasteiger partial charge in [0.2, 0.25) is 0 Å². The summed E-state index contributed by atoms with van der Waals surface area (Å²) in [5.74, 6) is -0.109. The summed E-state index contributed by atoms with van der Waals surface area (Å²) in [5, 5.41) is 3.51. The molecule has 0 aromatic rings. The van der Waals surface area contributed by atoms with Crippen molar-refractivity contribution in [1.82, 2.24) is 10.2 Å². The Balaban J connectivity index is 2.00. The molecule has 0 aromatic heterocycles. The molecule has 1 aliphatic heterocycles. The normalized spacial score (nSPS) is 18.6. The predicted octanol–water partition coefficient (Wildman–Crippen LogP) is 1.01. The van der Waals surface area contributed by atoms with Crippen LogP contribution in [0.4, 0.5) is 0 Å². The van der Waals surface area contributed by atoms with E-state index in [2.05, 4.69) is 21.9 Å². The number of rotatable bonds is 6. The van der Waals surface area contributed by atoms with Crippen LogP contribution in [-0.2, 0) is 9.53 Å². The van der Waals surface area contributed by atoms with E-state index >= 15 is 0 Å². The third-order valence-corrected chi connectivity index (χ3v) is 3.25. The molecule has 0 aliphatic carbocycles. The van der Waals surface area contributed by atoms with Gasteiger partial charge in [-0.2, -0.15) is 0 Å². The highest BCUT2D eigenvalue weighted by Gasteiger charge is 2.16. The van der Waals surface area contributed by atoms with Crippen LogP contribution in [0.2, 0.25) is 0 Å². The van der Waals surface area contributed by atoms with Gasteiger partial charge >= 0.3 is 5.97 Å². The molecule has 1 fully saturated rings. The zero-order chi connectivity index (χ0) is 11.8. The fourth-order valence-corrected chi connectivity index (χ4v) is 2.09. The number of likely N-dealkylation sites (tertiary alicyclic amines) is 1. The van der Waals surface area contributed by atoms with Crippen molar-refractivity contribution in [3.05, 3.63) is 0 Å². The maximum Gasteiger partial charge on any atom is 0.305 e. The molecular weight excluding hydrogens is 204 g/mol. The molecule has 0 bridgehead atoms. The Morgan fingerprint density at radius 2 is 2.12 bits per heavy atom. The number of carbonyl (C=O) groups excluding carboxylic acids is 1.